The van der Waals surface area contributed by atoms with Crippen molar-refractivity contribution in [2.24, 2.45) is 10.9 Å². The smallest absolute Gasteiger partial charge is 0.279 e. The minimum atomic E-state index is -3.46. The van der Waals surface area contributed by atoms with E-state index in [1.807, 2.05) is 0 Å². The van der Waals surface area contributed by atoms with Crippen LogP contribution >= 0.6 is 0 Å². The van der Waals surface area contributed by atoms with Gasteiger partial charge in [-0.25, -0.2) is 0 Å². The number of nitrogens with zero attached hydrogens (tertiary/aromatic N) is 2. The highest BCUT2D eigenvalue weighted by molar-refractivity contribution is 7.87. The van der Waals surface area contributed by atoms with Crippen LogP contribution in [0.2, 0.25) is 0 Å². The van der Waals surface area contributed by atoms with Gasteiger partial charge in [-0.2, -0.15) is 17.4 Å². The van der Waals surface area contributed by atoms with Gasteiger partial charge < -0.3 is 10.9 Å². The van der Waals surface area contributed by atoms with E-state index in [0.29, 0.717) is 5.56 Å². The third kappa shape index (κ3) is 3.69. The lowest BCUT2D eigenvalue weighted by molar-refractivity contribution is 0.318. The summed E-state index contributed by atoms with van der Waals surface area (Å²) in [4.78, 5) is 0. The second-order valence-electron chi connectivity index (χ2n) is 4.84. The molecule has 0 bridgehead atoms. The fraction of sp³-hybridized carbons (Fsp3) is 0.417. The van der Waals surface area contributed by atoms with Crippen molar-refractivity contribution in [1.29, 1.82) is 0 Å². The van der Waals surface area contributed by atoms with E-state index in [2.05, 4.69) is 9.88 Å². The predicted octanol–water partition coefficient (Wildman–Crippen LogP) is 0.210. The molecule has 0 aliphatic heterocycles. The van der Waals surface area contributed by atoms with E-state index in [4.69, 9.17) is 10.9 Å². The van der Waals surface area contributed by atoms with Crippen molar-refractivity contribution in [3.05, 3.63) is 35.4 Å². The molecule has 0 atom stereocenters. The number of nitrogens with two attached hydrogens (primary N) is 1. The average molecular weight is 298 g/mol. The monoisotopic (exact) mass is 298 g/mol. The van der Waals surface area contributed by atoms with Gasteiger partial charge in [0, 0.05) is 25.2 Å². The van der Waals surface area contributed by atoms with Crippen molar-refractivity contribution in [3.8, 4) is 0 Å². The Labute approximate surface area is 118 Å². The summed E-state index contributed by atoms with van der Waals surface area (Å²) in [6.45, 7) is 0.217. The van der Waals surface area contributed by atoms with Crippen LogP contribution in [-0.2, 0) is 16.8 Å². The van der Waals surface area contributed by atoms with Crippen LogP contribution < -0.4 is 10.5 Å². The first-order valence-corrected chi connectivity index (χ1v) is 7.67. The van der Waals surface area contributed by atoms with Gasteiger partial charge in [0.15, 0.2) is 5.84 Å². The van der Waals surface area contributed by atoms with Gasteiger partial charge in [0.1, 0.15) is 0 Å². The van der Waals surface area contributed by atoms with E-state index in [0.717, 1.165) is 18.4 Å². The van der Waals surface area contributed by atoms with Crippen LogP contribution in [0, 0.1) is 0 Å². The molecule has 1 aromatic carbocycles. The highest BCUT2D eigenvalue weighted by Crippen LogP contribution is 2.20. The van der Waals surface area contributed by atoms with Crippen LogP contribution in [0.25, 0.3) is 0 Å². The summed E-state index contributed by atoms with van der Waals surface area (Å²) in [5.74, 6) is -0.00605. The SMILES string of the molecule is CN(Cc1cccc(/C(N)=N/O)c1)S(=O)(=O)NC1CC1. The zero-order valence-electron chi connectivity index (χ0n) is 11.2. The number of oxime groups is 1. The molecule has 0 heterocycles. The molecule has 0 radical (unpaired) electrons. The lowest BCUT2D eigenvalue weighted by Gasteiger charge is -2.18. The molecule has 4 N–H and O–H groups in total. The largest absolute Gasteiger partial charge is 0.409 e. The number of hydrogen-bond acceptors (Lipinski definition) is 4. The van der Waals surface area contributed by atoms with Crippen molar-refractivity contribution in [2.75, 3.05) is 7.05 Å². The van der Waals surface area contributed by atoms with Crippen LogP contribution in [0.3, 0.4) is 0 Å². The second-order valence-corrected chi connectivity index (χ2v) is 6.65. The Bertz CT molecular complexity index is 611. The lowest BCUT2D eigenvalue weighted by atomic mass is 10.1. The van der Waals surface area contributed by atoms with E-state index in [1.165, 1.54) is 11.4 Å². The Balaban J connectivity index is 2.09. The van der Waals surface area contributed by atoms with E-state index in [-0.39, 0.29) is 18.4 Å². The minimum absolute atomic E-state index is 0.00605. The Kier molecular flexibility index (Phi) is 4.26. The molecule has 1 aromatic rings. The van der Waals surface area contributed by atoms with Gasteiger partial charge in [-0.1, -0.05) is 23.4 Å². The second kappa shape index (κ2) is 5.78. The van der Waals surface area contributed by atoms with E-state index in [1.54, 1.807) is 24.3 Å². The van der Waals surface area contributed by atoms with Crippen LogP contribution in [0.1, 0.15) is 24.0 Å². The quantitative estimate of drug-likeness (QED) is 0.302. The molecule has 0 aromatic heterocycles. The topological polar surface area (TPSA) is 108 Å². The highest BCUT2D eigenvalue weighted by Gasteiger charge is 2.29. The van der Waals surface area contributed by atoms with Gasteiger partial charge >= 0.3 is 0 Å². The van der Waals surface area contributed by atoms with Gasteiger partial charge in [0.25, 0.3) is 10.2 Å². The Morgan fingerprint density at radius 1 is 1.55 bits per heavy atom. The Hall–Kier alpha value is -1.64. The van der Waals surface area contributed by atoms with Gasteiger partial charge in [-0.05, 0) is 24.5 Å². The molecule has 7 nitrogen and oxygen atoms in total. The first-order valence-electron chi connectivity index (χ1n) is 6.23. The maximum absolute atomic E-state index is 12.0. The standard InChI is InChI=1S/C12H18N4O3S/c1-16(20(18,19)15-11-5-6-11)8-9-3-2-4-10(7-9)12(13)14-17/h2-4,7,11,15,17H,5-6,8H2,1H3,(H2,13,14). The number of rotatable bonds is 6. The zero-order chi connectivity index (χ0) is 14.8. The third-order valence-corrected chi connectivity index (χ3v) is 4.62. The molecule has 8 heteroatoms. The molecule has 1 saturated carbocycles. The maximum atomic E-state index is 12.0. The van der Waals surface area contributed by atoms with Gasteiger partial charge in [0.2, 0.25) is 0 Å². The Morgan fingerprint density at radius 3 is 2.85 bits per heavy atom. The fourth-order valence-electron chi connectivity index (χ4n) is 1.73. The van der Waals surface area contributed by atoms with Crippen LogP contribution in [0.5, 0.6) is 0 Å². The summed E-state index contributed by atoms with van der Waals surface area (Å²) in [5, 5.41) is 11.6. The molecule has 1 aliphatic rings. The van der Waals surface area contributed by atoms with Gasteiger partial charge in [-0.3, -0.25) is 0 Å². The molecular formula is C12H18N4O3S. The molecule has 0 spiro atoms. The summed E-state index contributed by atoms with van der Waals surface area (Å²) in [6, 6.07) is 6.98. The third-order valence-electron chi connectivity index (χ3n) is 3.04. The molecule has 2 rings (SSSR count). The summed E-state index contributed by atoms with van der Waals surface area (Å²) >= 11 is 0. The molecule has 1 fully saturated rings. The molecule has 110 valence electrons. The van der Waals surface area contributed by atoms with Gasteiger partial charge in [-0.15, -0.1) is 0 Å². The van der Waals surface area contributed by atoms with Crippen LogP contribution in [0.4, 0.5) is 0 Å². The molecule has 1 aliphatic carbocycles. The first-order chi connectivity index (χ1) is 9.42. The Morgan fingerprint density at radius 2 is 2.25 bits per heavy atom. The summed E-state index contributed by atoms with van der Waals surface area (Å²) in [5.41, 5.74) is 6.82. The molecule has 20 heavy (non-hydrogen) atoms. The number of benzene rings is 1. The number of hydrogen-bond donors (Lipinski definition) is 3. The van der Waals surface area contributed by atoms with E-state index in [9.17, 15) is 8.42 Å². The normalized spacial score (nSPS) is 16.6. The van der Waals surface area contributed by atoms with E-state index >= 15 is 0 Å². The minimum Gasteiger partial charge on any atom is -0.409 e. The number of nitrogens with one attached hydrogen (secondary N) is 1. The summed E-state index contributed by atoms with van der Waals surface area (Å²) in [6.07, 6.45) is 1.79. The van der Waals surface area contributed by atoms with Crippen molar-refractivity contribution >= 4 is 16.0 Å². The predicted molar refractivity (Wildman–Crippen MR) is 75.5 cm³/mol. The lowest BCUT2D eigenvalue weighted by Crippen LogP contribution is -2.38. The van der Waals surface area contributed by atoms with Crippen LogP contribution in [-0.4, -0.2) is 36.9 Å². The van der Waals surface area contributed by atoms with Crippen molar-refractivity contribution < 1.29 is 13.6 Å². The fourth-order valence-corrected chi connectivity index (χ4v) is 2.89. The van der Waals surface area contributed by atoms with Crippen molar-refractivity contribution in [1.82, 2.24) is 9.03 Å². The maximum Gasteiger partial charge on any atom is 0.279 e. The van der Waals surface area contributed by atoms with Crippen LogP contribution in [0.15, 0.2) is 29.4 Å². The van der Waals surface area contributed by atoms with Crippen molar-refractivity contribution in [2.45, 2.75) is 25.4 Å². The average Bonchev–Trinajstić information content (AvgIpc) is 3.21. The van der Waals surface area contributed by atoms with Gasteiger partial charge in [0.05, 0.1) is 0 Å². The first kappa shape index (κ1) is 14.8. The number of amidine groups is 1. The van der Waals surface area contributed by atoms with E-state index < -0.39 is 10.2 Å². The zero-order valence-corrected chi connectivity index (χ0v) is 12.0. The highest BCUT2D eigenvalue weighted by atomic mass is 32.2. The molecule has 0 saturated heterocycles. The summed E-state index contributed by atoms with van der Waals surface area (Å²) < 4.78 is 27.8. The molecule has 0 unspecified atom stereocenters. The summed E-state index contributed by atoms with van der Waals surface area (Å²) in [7, 11) is -1.95. The molecule has 0 amide bonds. The molecular weight excluding hydrogens is 280 g/mol. The van der Waals surface area contributed by atoms with Crippen molar-refractivity contribution in [3.63, 3.8) is 0 Å².